The number of hydrogen-bond acceptors (Lipinski definition) is 2. The van der Waals surface area contributed by atoms with E-state index in [4.69, 9.17) is 5.11 Å². The Morgan fingerprint density at radius 2 is 2.00 bits per heavy atom. The summed E-state index contributed by atoms with van der Waals surface area (Å²) in [4.78, 5) is 22.2. The van der Waals surface area contributed by atoms with Gasteiger partial charge in [0.05, 0.1) is 6.42 Å². The number of halogens is 3. The molecule has 0 aromatic heterocycles. The van der Waals surface area contributed by atoms with Gasteiger partial charge in [0.1, 0.15) is 5.41 Å². The Morgan fingerprint density at radius 1 is 1.40 bits per heavy atom. The number of hydrogen-bond donors (Lipinski definition) is 1. The number of carboxylic acids is 1. The fourth-order valence-corrected chi connectivity index (χ4v) is 1.92. The van der Waals surface area contributed by atoms with Crippen molar-refractivity contribution in [1.82, 2.24) is 0 Å². The molecule has 0 bridgehead atoms. The van der Waals surface area contributed by atoms with Crippen molar-refractivity contribution in [3.05, 3.63) is 0 Å². The van der Waals surface area contributed by atoms with E-state index in [9.17, 15) is 22.8 Å². The van der Waals surface area contributed by atoms with Crippen molar-refractivity contribution in [3.8, 4) is 0 Å². The van der Waals surface area contributed by atoms with Crippen LogP contribution in [0.15, 0.2) is 0 Å². The van der Waals surface area contributed by atoms with Gasteiger partial charge in [-0.05, 0) is 12.8 Å². The number of ketones is 1. The normalized spacial score (nSPS) is 27.8. The van der Waals surface area contributed by atoms with Gasteiger partial charge in [-0.15, -0.1) is 0 Å². The van der Waals surface area contributed by atoms with Gasteiger partial charge in [-0.2, -0.15) is 13.2 Å². The Bertz CT molecular complexity index is 285. The highest BCUT2D eigenvalue weighted by atomic mass is 19.4. The van der Waals surface area contributed by atoms with Gasteiger partial charge in [-0.25, -0.2) is 0 Å². The summed E-state index contributed by atoms with van der Waals surface area (Å²) in [6, 6.07) is 0. The van der Waals surface area contributed by atoms with Crippen LogP contribution in [0.1, 0.15) is 32.1 Å². The average Bonchev–Trinajstić information content (AvgIpc) is 2.06. The van der Waals surface area contributed by atoms with Crippen LogP contribution in [0.4, 0.5) is 13.2 Å². The fourth-order valence-electron chi connectivity index (χ4n) is 1.92. The van der Waals surface area contributed by atoms with Crippen molar-refractivity contribution >= 4 is 11.8 Å². The predicted molar refractivity (Wildman–Crippen MR) is 44.2 cm³/mol. The topological polar surface area (TPSA) is 54.4 Å². The van der Waals surface area contributed by atoms with E-state index in [1.165, 1.54) is 0 Å². The molecule has 15 heavy (non-hydrogen) atoms. The third-order valence-corrected chi connectivity index (χ3v) is 2.70. The largest absolute Gasteiger partial charge is 0.480 e. The van der Waals surface area contributed by atoms with E-state index in [0.717, 1.165) is 0 Å². The number of carboxylic acid groups (broad SMARTS) is 1. The standard InChI is InChI=1S/C9H11F3O3/c10-9(11,12)5-8(7(14)15)4-2-1-3-6(8)13/h1-5H2,(H,14,15). The molecule has 0 heterocycles. The molecule has 1 aliphatic carbocycles. The molecule has 0 aromatic rings. The summed E-state index contributed by atoms with van der Waals surface area (Å²) in [5, 5.41) is 8.80. The summed E-state index contributed by atoms with van der Waals surface area (Å²) in [7, 11) is 0. The number of alkyl halides is 3. The van der Waals surface area contributed by atoms with Crippen LogP contribution in [0, 0.1) is 5.41 Å². The van der Waals surface area contributed by atoms with Gasteiger partial charge in [0.15, 0.2) is 5.78 Å². The molecule has 1 saturated carbocycles. The quantitative estimate of drug-likeness (QED) is 0.731. The molecule has 1 rings (SSSR count). The van der Waals surface area contributed by atoms with E-state index in [2.05, 4.69) is 0 Å². The summed E-state index contributed by atoms with van der Waals surface area (Å²) in [6.45, 7) is 0. The first-order chi connectivity index (χ1) is 6.78. The Hall–Kier alpha value is -1.07. The molecule has 3 nitrogen and oxygen atoms in total. The van der Waals surface area contributed by atoms with Crippen molar-refractivity contribution in [2.24, 2.45) is 5.41 Å². The molecular weight excluding hydrogens is 213 g/mol. The third-order valence-electron chi connectivity index (χ3n) is 2.70. The molecule has 0 spiro atoms. The molecular formula is C9H11F3O3. The highest BCUT2D eigenvalue weighted by molar-refractivity contribution is 6.03. The molecule has 0 saturated heterocycles. The van der Waals surface area contributed by atoms with E-state index in [-0.39, 0.29) is 12.8 Å². The van der Waals surface area contributed by atoms with Gasteiger partial charge in [0.2, 0.25) is 0 Å². The van der Waals surface area contributed by atoms with Crippen LogP contribution in [-0.4, -0.2) is 23.0 Å². The van der Waals surface area contributed by atoms with Gasteiger partial charge in [0.25, 0.3) is 0 Å². The first-order valence-corrected chi connectivity index (χ1v) is 4.61. The minimum Gasteiger partial charge on any atom is -0.480 e. The monoisotopic (exact) mass is 224 g/mol. The molecule has 0 amide bonds. The van der Waals surface area contributed by atoms with E-state index in [1.54, 1.807) is 0 Å². The van der Waals surface area contributed by atoms with Gasteiger partial charge in [-0.3, -0.25) is 9.59 Å². The maximum Gasteiger partial charge on any atom is 0.390 e. The van der Waals surface area contributed by atoms with Gasteiger partial charge in [-0.1, -0.05) is 6.42 Å². The minimum atomic E-state index is -4.62. The molecule has 1 aliphatic rings. The van der Waals surface area contributed by atoms with Crippen LogP contribution >= 0.6 is 0 Å². The summed E-state index contributed by atoms with van der Waals surface area (Å²) in [6.07, 6.45) is -5.61. The van der Waals surface area contributed by atoms with Crippen molar-refractivity contribution in [2.75, 3.05) is 0 Å². The molecule has 6 heteroatoms. The number of carbonyl (C=O) groups excluding carboxylic acids is 1. The Balaban J connectivity index is 2.96. The van der Waals surface area contributed by atoms with Crippen LogP contribution in [0.25, 0.3) is 0 Å². The van der Waals surface area contributed by atoms with E-state index >= 15 is 0 Å². The first kappa shape index (κ1) is 12.0. The molecule has 0 radical (unpaired) electrons. The molecule has 0 aliphatic heterocycles. The molecule has 1 fully saturated rings. The number of rotatable bonds is 2. The van der Waals surface area contributed by atoms with Crippen LogP contribution in [0.3, 0.4) is 0 Å². The second kappa shape index (κ2) is 3.83. The number of carbonyl (C=O) groups is 2. The molecule has 0 aromatic carbocycles. The van der Waals surface area contributed by atoms with E-state index in [1.807, 2.05) is 0 Å². The SMILES string of the molecule is O=C(O)C1(CC(F)(F)F)CCCCC1=O. The summed E-state index contributed by atoms with van der Waals surface area (Å²) >= 11 is 0. The summed E-state index contributed by atoms with van der Waals surface area (Å²) in [5.74, 6) is -2.44. The molecule has 1 N–H and O–H groups in total. The number of Topliss-reactive ketones (excluding diaryl/α,β-unsaturated/α-hetero) is 1. The maximum absolute atomic E-state index is 12.2. The lowest BCUT2D eigenvalue weighted by molar-refractivity contribution is -0.185. The van der Waals surface area contributed by atoms with E-state index in [0.29, 0.717) is 12.8 Å². The van der Waals surface area contributed by atoms with Crippen molar-refractivity contribution in [2.45, 2.75) is 38.3 Å². The predicted octanol–water partition coefficient (Wildman–Crippen LogP) is 2.15. The lowest BCUT2D eigenvalue weighted by Crippen LogP contribution is -2.44. The summed E-state index contributed by atoms with van der Waals surface area (Å²) in [5.41, 5.74) is -2.23. The first-order valence-electron chi connectivity index (χ1n) is 4.61. The second-order valence-corrected chi connectivity index (χ2v) is 3.81. The van der Waals surface area contributed by atoms with Crippen molar-refractivity contribution in [1.29, 1.82) is 0 Å². The fraction of sp³-hybridized carbons (Fsp3) is 0.778. The Labute approximate surface area is 84.3 Å². The zero-order valence-corrected chi connectivity index (χ0v) is 7.93. The van der Waals surface area contributed by atoms with Gasteiger partial charge < -0.3 is 5.11 Å². The van der Waals surface area contributed by atoms with Gasteiger partial charge in [0, 0.05) is 6.42 Å². The minimum absolute atomic E-state index is 0.0671. The van der Waals surface area contributed by atoms with Crippen molar-refractivity contribution in [3.63, 3.8) is 0 Å². The third kappa shape index (κ3) is 2.49. The Morgan fingerprint density at radius 3 is 2.40 bits per heavy atom. The molecule has 1 atom stereocenters. The van der Waals surface area contributed by atoms with Crippen LogP contribution in [0.2, 0.25) is 0 Å². The highest BCUT2D eigenvalue weighted by Crippen LogP contribution is 2.42. The van der Waals surface area contributed by atoms with Crippen molar-refractivity contribution < 1.29 is 27.9 Å². The van der Waals surface area contributed by atoms with Crippen LogP contribution in [0.5, 0.6) is 0 Å². The average molecular weight is 224 g/mol. The molecule has 86 valence electrons. The van der Waals surface area contributed by atoms with Crippen LogP contribution in [-0.2, 0) is 9.59 Å². The highest BCUT2D eigenvalue weighted by Gasteiger charge is 2.53. The van der Waals surface area contributed by atoms with Crippen LogP contribution < -0.4 is 0 Å². The molecule has 1 unspecified atom stereocenters. The zero-order valence-electron chi connectivity index (χ0n) is 7.93. The summed E-state index contributed by atoms with van der Waals surface area (Å²) < 4.78 is 36.6. The lowest BCUT2D eigenvalue weighted by atomic mass is 9.70. The maximum atomic E-state index is 12.2. The second-order valence-electron chi connectivity index (χ2n) is 3.81. The zero-order chi connectivity index (χ0) is 11.7. The van der Waals surface area contributed by atoms with Gasteiger partial charge >= 0.3 is 12.1 Å². The smallest absolute Gasteiger partial charge is 0.390 e. The number of aliphatic carboxylic acids is 1. The Kier molecular flexibility index (Phi) is 3.06. The van der Waals surface area contributed by atoms with E-state index < -0.39 is 29.8 Å². The lowest BCUT2D eigenvalue weighted by Gasteiger charge is -2.32.